The highest BCUT2D eigenvalue weighted by Crippen LogP contribution is 2.21. The molecule has 1 unspecified atom stereocenters. The first-order valence-electron chi connectivity index (χ1n) is 8.42. The van der Waals surface area contributed by atoms with Crippen molar-refractivity contribution in [3.63, 3.8) is 0 Å². The summed E-state index contributed by atoms with van der Waals surface area (Å²) in [6.07, 6.45) is 2.39. The van der Waals surface area contributed by atoms with Crippen molar-refractivity contribution < 1.29 is 18.8 Å². The number of nitrogens with zero attached hydrogens (tertiary/aromatic N) is 1. The maximum Gasteiger partial charge on any atom is 0.185 e. The molecule has 1 aliphatic heterocycles. The second kappa shape index (κ2) is 8.22. The summed E-state index contributed by atoms with van der Waals surface area (Å²) in [7, 11) is 0. The molecule has 1 fully saturated rings. The summed E-state index contributed by atoms with van der Waals surface area (Å²) in [6, 6.07) is 9.94. The number of ketones is 1. The van der Waals surface area contributed by atoms with Crippen LogP contribution in [0.3, 0.4) is 0 Å². The van der Waals surface area contributed by atoms with Crippen molar-refractivity contribution >= 4 is 5.78 Å². The van der Waals surface area contributed by atoms with Crippen molar-refractivity contribution in [2.45, 2.75) is 39.4 Å². The summed E-state index contributed by atoms with van der Waals surface area (Å²) >= 11 is 0. The molecule has 0 amide bonds. The van der Waals surface area contributed by atoms with Crippen molar-refractivity contribution in [3.05, 3.63) is 52.9 Å². The van der Waals surface area contributed by atoms with Crippen molar-refractivity contribution in [2.75, 3.05) is 13.2 Å². The van der Waals surface area contributed by atoms with Gasteiger partial charge in [0.05, 0.1) is 6.61 Å². The van der Waals surface area contributed by atoms with E-state index in [2.05, 4.69) is 5.16 Å². The largest absolute Gasteiger partial charge is 0.381 e. The minimum Gasteiger partial charge on any atom is -0.381 e. The van der Waals surface area contributed by atoms with Crippen LogP contribution < -0.4 is 0 Å². The fourth-order valence-electron chi connectivity index (χ4n) is 2.86. The van der Waals surface area contributed by atoms with Crippen LogP contribution in [-0.4, -0.2) is 24.2 Å². The van der Waals surface area contributed by atoms with Crippen LogP contribution in [0, 0.1) is 12.8 Å². The van der Waals surface area contributed by atoms with Crippen LogP contribution in [0.1, 0.15) is 46.6 Å². The number of rotatable bonds is 8. The number of carbonyl (C=O) groups is 1. The Labute approximate surface area is 141 Å². The van der Waals surface area contributed by atoms with Gasteiger partial charge in [0.15, 0.2) is 17.2 Å². The third-order valence-corrected chi connectivity index (χ3v) is 4.43. The van der Waals surface area contributed by atoms with E-state index >= 15 is 0 Å². The molecule has 1 aromatic carbocycles. The van der Waals surface area contributed by atoms with Crippen molar-refractivity contribution in [1.29, 1.82) is 0 Å². The first-order chi connectivity index (χ1) is 11.7. The maximum absolute atomic E-state index is 12.3. The molecule has 1 aromatic heterocycles. The van der Waals surface area contributed by atoms with Crippen LogP contribution in [0.2, 0.25) is 0 Å². The van der Waals surface area contributed by atoms with E-state index in [4.69, 9.17) is 14.0 Å². The first-order valence-corrected chi connectivity index (χ1v) is 8.42. The average molecular weight is 329 g/mol. The number of carbonyl (C=O) groups excluding carboxylic acids is 1. The normalized spacial score (nSPS) is 17.3. The highest BCUT2D eigenvalue weighted by atomic mass is 16.5. The predicted octanol–water partition coefficient (Wildman–Crippen LogP) is 3.70. The quantitative estimate of drug-likeness (QED) is 0.691. The Hall–Kier alpha value is -1.98. The number of hydrogen-bond donors (Lipinski definition) is 0. The van der Waals surface area contributed by atoms with Gasteiger partial charge in [-0.05, 0) is 31.2 Å². The lowest BCUT2D eigenvalue weighted by Crippen LogP contribution is -2.07. The van der Waals surface area contributed by atoms with Gasteiger partial charge in [0.25, 0.3) is 0 Å². The van der Waals surface area contributed by atoms with E-state index in [-0.39, 0.29) is 5.78 Å². The van der Waals surface area contributed by atoms with Gasteiger partial charge in [-0.25, -0.2) is 0 Å². The topological polar surface area (TPSA) is 61.6 Å². The third-order valence-electron chi connectivity index (χ3n) is 4.43. The van der Waals surface area contributed by atoms with Crippen molar-refractivity contribution in [1.82, 2.24) is 5.16 Å². The van der Waals surface area contributed by atoms with E-state index < -0.39 is 0 Å². The van der Waals surface area contributed by atoms with Crippen molar-refractivity contribution in [3.8, 4) is 0 Å². The van der Waals surface area contributed by atoms with Crippen LogP contribution in [0.5, 0.6) is 0 Å². The van der Waals surface area contributed by atoms with Crippen LogP contribution >= 0.6 is 0 Å². The Balaban J connectivity index is 1.50. The van der Waals surface area contributed by atoms with E-state index in [1.807, 2.05) is 37.3 Å². The molecule has 0 N–H and O–H groups in total. The second-order valence-corrected chi connectivity index (χ2v) is 6.25. The van der Waals surface area contributed by atoms with E-state index in [9.17, 15) is 4.79 Å². The number of aromatic nitrogens is 1. The van der Waals surface area contributed by atoms with Crippen molar-refractivity contribution in [2.24, 2.45) is 5.92 Å². The van der Waals surface area contributed by atoms with Crippen LogP contribution in [0.4, 0.5) is 0 Å². The monoisotopic (exact) mass is 329 g/mol. The Morgan fingerprint density at radius 1 is 1.29 bits per heavy atom. The lowest BCUT2D eigenvalue weighted by atomic mass is 9.99. The molecule has 3 rings (SSSR count). The fraction of sp³-hybridized carbons (Fsp3) is 0.474. The zero-order valence-electron chi connectivity index (χ0n) is 14.0. The molecular weight excluding hydrogens is 306 g/mol. The molecular formula is C19H23NO4. The summed E-state index contributed by atoms with van der Waals surface area (Å²) in [5.74, 6) is 1.16. The molecule has 0 aliphatic carbocycles. The van der Waals surface area contributed by atoms with Gasteiger partial charge in [0, 0.05) is 25.2 Å². The standard InChI is InChI=1S/C19H23NO4/c1-14-18(13-23-12-15-5-3-2-4-6-15)24-20-19(14)17(21)8-7-16-9-10-22-11-16/h2-6,16H,7-13H2,1H3. The number of ether oxygens (including phenoxy) is 2. The first kappa shape index (κ1) is 16.9. The Bertz CT molecular complexity index is 659. The molecule has 24 heavy (non-hydrogen) atoms. The molecule has 0 saturated carbocycles. The molecule has 1 saturated heterocycles. The number of Topliss-reactive ketones (excluding diaryl/α,β-unsaturated/α-hetero) is 1. The number of benzene rings is 1. The second-order valence-electron chi connectivity index (χ2n) is 6.25. The molecule has 0 spiro atoms. The Morgan fingerprint density at radius 3 is 2.88 bits per heavy atom. The smallest absolute Gasteiger partial charge is 0.185 e. The zero-order valence-corrected chi connectivity index (χ0v) is 14.0. The van der Waals surface area contributed by atoms with Gasteiger partial charge in [-0.3, -0.25) is 4.79 Å². The molecule has 1 aliphatic rings. The molecule has 2 aromatic rings. The average Bonchev–Trinajstić information content (AvgIpc) is 3.24. The van der Waals surface area contributed by atoms with Crippen LogP contribution in [-0.2, 0) is 22.7 Å². The summed E-state index contributed by atoms with van der Waals surface area (Å²) in [5, 5.41) is 3.95. The van der Waals surface area contributed by atoms with E-state index in [1.54, 1.807) is 0 Å². The van der Waals surface area contributed by atoms with E-state index in [0.717, 1.165) is 37.2 Å². The minimum absolute atomic E-state index is 0.0393. The fourth-order valence-corrected chi connectivity index (χ4v) is 2.86. The Morgan fingerprint density at radius 2 is 2.12 bits per heavy atom. The Kier molecular flexibility index (Phi) is 5.77. The highest BCUT2D eigenvalue weighted by molar-refractivity contribution is 5.95. The van der Waals surface area contributed by atoms with Gasteiger partial charge in [0.1, 0.15) is 6.61 Å². The van der Waals surface area contributed by atoms with Gasteiger partial charge < -0.3 is 14.0 Å². The van der Waals surface area contributed by atoms with Gasteiger partial charge in [-0.2, -0.15) is 0 Å². The van der Waals surface area contributed by atoms with Gasteiger partial charge in [-0.15, -0.1) is 0 Å². The van der Waals surface area contributed by atoms with Crippen LogP contribution in [0.25, 0.3) is 0 Å². The molecule has 5 nitrogen and oxygen atoms in total. The predicted molar refractivity (Wildman–Crippen MR) is 88.7 cm³/mol. The van der Waals surface area contributed by atoms with Gasteiger partial charge in [0.2, 0.25) is 0 Å². The highest BCUT2D eigenvalue weighted by Gasteiger charge is 2.21. The van der Waals surface area contributed by atoms with E-state index in [0.29, 0.717) is 37.0 Å². The summed E-state index contributed by atoms with van der Waals surface area (Å²) < 4.78 is 16.3. The molecule has 1 atom stereocenters. The lowest BCUT2D eigenvalue weighted by molar-refractivity contribution is 0.0875. The van der Waals surface area contributed by atoms with E-state index in [1.165, 1.54) is 0 Å². The number of hydrogen-bond acceptors (Lipinski definition) is 5. The summed E-state index contributed by atoms with van der Waals surface area (Å²) in [6.45, 7) is 4.27. The summed E-state index contributed by atoms with van der Waals surface area (Å²) in [5.41, 5.74) is 2.33. The third kappa shape index (κ3) is 4.30. The maximum atomic E-state index is 12.3. The zero-order chi connectivity index (χ0) is 16.8. The molecule has 5 heteroatoms. The molecule has 128 valence electrons. The summed E-state index contributed by atoms with van der Waals surface area (Å²) in [4.78, 5) is 12.3. The van der Waals surface area contributed by atoms with Crippen LogP contribution in [0.15, 0.2) is 34.9 Å². The minimum atomic E-state index is 0.0393. The SMILES string of the molecule is Cc1c(C(=O)CCC2CCOC2)noc1COCc1ccccc1. The molecule has 2 heterocycles. The van der Waals surface area contributed by atoms with Gasteiger partial charge >= 0.3 is 0 Å². The molecule has 0 radical (unpaired) electrons. The molecule has 0 bridgehead atoms. The van der Waals surface area contributed by atoms with Gasteiger partial charge in [-0.1, -0.05) is 35.5 Å². The lowest BCUT2D eigenvalue weighted by Gasteiger charge is -2.05.